The Balaban J connectivity index is 1.63. The Bertz CT molecular complexity index is 802. The third kappa shape index (κ3) is 2.90. The fourth-order valence-electron chi connectivity index (χ4n) is 2.90. The number of aryl methyl sites for hydroxylation is 3. The van der Waals surface area contributed by atoms with Crippen molar-refractivity contribution < 1.29 is 4.79 Å². The van der Waals surface area contributed by atoms with E-state index in [0.717, 1.165) is 6.42 Å². The summed E-state index contributed by atoms with van der Waals surface area (Å²) in [5.41, 5.74) is 9.03. The highest BCUT2D eigenvalue weighted by Gasteiger charge is 2.44. The predicted molar refractivity (Wildman–Crippen MR) is 86.5 cm³/mol. The molecule has 1 heterocycles. The van der Waals surface area contributed by atoms with E-state index in [0.29, 0.717) is 17.1 Å². The minimum absolute atomic E-state index is 0.0239. The molecule has 1 amide bonds. The highest BCUT2D eigenvalue weighted by atomic mass is 16.2. The third-order valence-electron chi connectivity index (χ3n) is 4.24. The summed E-state index contributed by atoms with van der Waals surface area (Å²) in [6.07, 6.45) is 0.854. The maximum Gasteiger partial charge on any atom is 0.242 e. The fraction of sp³-hybridized carbons (Fsp3) is 0.353. The first kappa shape index (κ1) is 15.1. The van der Waals surface area contributed by atoms with E-state index < -0.39 is 0 Å². The highest BCUT2D eigenvalue weighted by Crippen LogP contribution is 2.47. The van der Waals surface area contributed by atoms with Crippen LogP contribution in [0.5, 0.6) is 0 Å². The molecule has 0 radical (unpaired) electrons. The van der Waals surface area contributed by atoms with Gasteiger partial charge in [-0.25, -0.2) is 0 Å². The Labute approximate surface area is 135 Å². The average molecular weight is 309 g/mol. The van der Waals surface area contributed by atoms with Crippen molar-refractivity contribution in [1.82, 2.24) is 15.2 Å². The molecule has 2 N–H and O–H groups in total. The van der Waals surface area contributed by atoms with Crippen LogP contribution in [0.1, 0.15) is 34.7 Å². The molecule has 1 aliphatic carbocycles. The first-order valence-electron chi connectivity index (χ1n) is 7.57. The molecule has 118 valence electrons. The van der Waals surface area contributed by atoms with Crippen LogP contribution in [0.15, 0.2) is 24.3 Å². The molecule has 0 saturated heterocycles. The summed E-state index contributed by atoms with van der Waals surface area (Å²) in [4.78, 5) is 12.3. The van der Waals surface area contributed by atoms with Gasteiger partial charge in [0.25, 0.3) is 0 Å². The van der Waals surface area contributed by atoms with Crippen molar-refractivity contribution in [1.29, 1.82) is 5.26 Å². The van der Waals surface area contributed by atoms with Gasteiger partial charge >= 0.3 is 0 Å². The van der Waals surface area contributed by atoms with Gasteiger partial charge in [-0.3, -0.25) is 20.3 Å². The van der Waals surface area contributed by atoms with Crippen molar-refractivity contribution >= 4 is 11.7 Å². The Morgan fingerprint density at radius 2 is 2.22 bits per heavy atom. The molecule has 1 aliphatic rings. The summed E-state index contributed by atoms with van der Waals surface area (Å²) >= 11 is 0. The van der Waals surface area contributed by atoms with Crippen LogP contribution in [0.3, 0.4) is 0 Å². The van der Waals surface area contributed by atoms with Crippen molar-refractivity contribution in [2.45, 2.75) is 26.2 Å². The smallest absolute Gasteiger partial charge is 0.242 e. The zero-order chi connectivity index (χ0) is 16.6. The van der Waals surface area contributed by atoms with Gasteiger partial charge in [0.2, 0.25) is 5.91 Å². The first-order chi connectivity index (χ1) is 11.0. The van der Waals surface area contributed by atoms with Crippen molar-refractivity contribution in [2.75, 3.05) is 5.43 Å². The Morgan fingerprint density at radius 3 is 2.91 bits per heavy atom. The molecule has 0 aliphatic heterocycles. The lowest BCUT2D eigenvalue weighted by molar-refractivity contribution is -0.121. The van der Waals surface area contributed by atoms with Crippen LogP contribution >= 0.6 is 0 Å². The van der Waals surface area contributed by atoms with Crippen molar-refractivity contribution in [3.63, 3.8) is 0 Å². The molecule has 1 aromatic carbocycles. The van der Waals surface area contributed by atoms with Crippen LogP contribution in [-0.4, -0.2) is 15.7 Å². The lowest BCUT2D eigenvalue weighted by atomic mass is 10.1. The predicted octanol–water partition coefficient (Wildman–Crippen LogP) is 2.16. The number of carbonyl (C=O) groups is 1. The van der Waals surface area contributed by atoms with Crippen LogP contribution in [0, 0.1) is 31.1 Å². The van der Waals surface area contributed by atoms with Gasteiger partial charge in [-0.1, -0.05) is 29.8 Å². The number of carbonyl (C=O) groups excluding carboxylic acids is 1. The molecule has 6 heteroatoms. The average Bonchev–Trinajstić information content (AvgIpc) is 3.26. The van der Waals surface area contributed by atoms with Gasteiger partial charge < -0.3 is 0 Å². The quantitative estimate of drug-likeness (QED) is 0.848. The molecule has 6 nitrogen and oxygen atoms in total. The van der Waals surface area contributed by atoms with Crippen molar-refractivity contribution in [3.05, 3.63) is 46.6 Å². The topological polar surface area (TPSA) is 82.7 Å². The summed E-state index contributed by atoms with van der Waals surface area (Å²) in [6.45, 7) is 3.82. The molecule has 2 unspecified atom stereocenters. The van der Waals surface area contributed by atoms with Gasteiger partial charge in [-0.05, 0) is 31.7 Å². The van der Waals surface area contributed by atoms with Crippen molar-refractivity contribution in [2.24, 2.45) is 13.0 Å². The Morgan fingerprint density at radius 1 is 1.43 bits per heavy atom. The largest absolute Gasteiger partial charge is 0.281 e. The normalized spacial score (nSPS) is 19.0. The molecular formula is C17H19N5O. The van der Waals surface area contributed by atoms with Gasteiger partial charge in [0, 0.05) is 13.0 Å². The Hall–Kier alpha value is -2.81. The summed E-state index contributed by atoms with van der Waals surface area (Å²) in [6, 6.07) is 10.4. The van der Waals surface area contributed by atoms with E-state index in [2.05, 4.69) is 47.1 Å². The molecule has 23 heavy (non-hydrogen) atoms. The summed E-state index contributed by atoms with van der Waals surface area (Å²) in [5, 5.41) is 13.3. The molecule has 2 atom stereocenters. The molecule has 3 rings (SSSR count). The number of benzene rings is 1. The van der Waals surface area contributed by atoms with E-state index in [1.807, 2.05) is 6.07 Å². The number of hydrazine groups is 1. The number of amides is 1. The lowest BCUT2D eigenvalue weighted by Gasteiger charge is -2.09. The standard InChI is InChI=1S/C17H19N5O/c1-10-5-4-6-12(7-10)13-8-14(13)17(23)20-19-16-15(9-18)11(2)21-22(16)3/h4-7,13-14,19H,8H2,1-3H3,(H,20,23). The molecule has 0 spiro atoms. The maximum absolute atomic E-state index is 12.3. The second-order valence-corrected chi connectivity index (χ2v) is 6.02. The number of nitrogens with zero attached hydrogens (tertiary/aromatic N) is 3. The van der Waals surface area contributed by atoms with E-state index in [1.165, 1.54) is 11.1 Å². The van der Waals surface area contributed by atoms with E-state index in [9.17, 15) is 4.79 Å². The first-order valence-corrected chi connectivity index (χ1v) is 7.57. The van der Waals surface area contributed by atoms with Crippen LogP contribution in [0.4, 0.5) is 5.82 Å². The highest BCUT2D eigenvalue weighted by molar-refractivity contribution is 5.84. The number of aromatic nitrogens is 2. The van der Waals surface area contributed by atoms with Crippen LogP contribution in [0.25, 0.3) is 0 Å². The lowest BCUT2D eigenvalue weighted by Crippen LogP contribution is -2.32. The second-order valence-electron chi connectivity index (χ2n) is 6.02. The number of rotatable bonds is 4. The SMILES string of the molecule is Cc1cccc(C2CC2C(=O)NNc2c(C#N)c(C)nn2C)c1. The zero-order valence-electron chi connectivity index (χ0n) is 13.4. The van der Waals surface area contributed by atoms with Crippen molar-refractivity contribution in [3.8, 4) is 6.07 Å². The van der Waals surface area contributed by atoms with Gasteiger partial charge in [0.1, 0.15) is 11.6 Å². The maximum atomic E-state index is 12.3. The molecular weight excluding hydrogens is 290 g/mol. The van der Waals surface area contributed by atoms with Gasteiger partial charge in [0.15, 0.2) is 5.82 Å². The van der Waals surface area contributed by atoms with Crippen LogP contribution < -0.4 is 10.9 Å². The summed E-state index contributed by atoms with van der Waals surface area (Å²) in [5.74, 6) is 0.704. The van der Waals surface area contributed by atoms with Gasteiger partial charge in [-0.2, -0.15) is 10.4 Å². The Kier molecular flexibility index (Phi) is 3.78. The third-order valence-corrected chi connectivity index (χ3v) is 4.24. The minimum Gasteiger partial charge on any atom is -0.281 e. The number of hydrogen-bond donors (Lipinski definition) is 2. The number of anilines is 1. The zero-order valence-corrected chi connectivity index (χ0v) is 13.4. The number of nitriles is 1. The van der Waals surface area contributed by atoms with Crippen LogP contribution in [-0.2, 0) is 11.8 Å². The molecule has 1 fully saturated rings. The number of nitrogens with one attached hydrogen (secondary N) is 2. The van der Waals surface area contributed by atoms with E-state index in [1.54, 1.807) is 18.7 Å². The molecule has 1 aromatic heterocycles. The van der Waals surface area contributed by atoms with E-state index in [-0.39, 0.29) is 17.7 Å². The van der Waals surface area contributed by atoms with Crippen LogP contribution in [0.2, 0.25) is 0 Å². The van der Waals surface area contributed by atoms with Gasteiger partial charge in [0.05, 0.1) is 5.69 Å². The van der Waals surface area contributed by atoms with Gasteiger partial charge in [-0.15, -0.1) is 0 Å². The number of hydrogen-bond acceptors (Lipinski definition) is 4. The molecule has 0 bridgehead atoms. The molecule has 1 saturated carbocycles. The minimum atomic E-state index is -0.0563. The summed E-state index contributed by atoms with van der Waals surface area (Å²) in [7, 11) is 1.73. The molecule has 2 aromatic rings. The second kappa shape index (κ2) is 5.76. The van der Waals surface area contributed by atoms with E-state index in [4.69, 9.17) is 5.26 Å². The monoisotopic (exact) mass is 309 g/mol. The fourth-order valence-corrected chi connectivity index (χ4v) is 2.90. The summed E-state index contributed by atoms with van der Waals surface area (Å²) < 4.78 is 1.55. The van der Waals surface area contributed by atoms with E-state index >= 15 is 0 Å².